The summed E-state index contributed by atoms with van der Waals surface area (Å²) in [5.41, 5.74) is 0. The number of carbonyl (C=O) groups is 2. The third-order valence-corrected chi connectivity index (χ3v) is 4.01. The van der Waals surface area contributed by atoms with E-state index < -0.39 is 0 Å². The molecule has 0 bridgehead atoms. The normalized spacial score (nSPS) is 16.2. The molecule has 0 aromatic rings. The molecule has 0 spiro atoms. The van der Waals surface area contributed by atoms with Crippen LogP contribution in [0, 0.1) is 5.92 Å². The summed E-state index contributed by atoms with van der Waals surface area (Å²) < 4.78 is 0. The van der Waals surface area contributed by atoms with Gasteiger partial charge in [-0.3, -0.25) is 9.59 Å². The first-order valence-corrected chi connectivity index (χ1v) is 8.24. The van der Waals surface area contributed by atoms with Crippen LogP contribution < -0.4 is 5.32 Å². The lowest BCUT2D eigenvalue weighted by atomic mass is 9.95. The number of nitrogens with one attached hydrogen (secondary N) is 1. The van der Waals surface area contributed by atoms with Crippen molar-refractivity contribution in [2.24, 2.45) is 5.92 Å². The second-order valence-electron chi connectivity index (χ2n) is 5.76. The SMILES string of the molecule is CCCCCCC(=O)N1CCC(C(=O)NCCC)CC1. The Kier molecular flexibility index (Phi) is 8.31. The van der Waals surface area contributed by atoms with Gasteiger partial charge in [-0.1, -0.05) is 33.1 Å². The van der Waals surface area contributed by atoms with Crippen LogP contribution >= 0.6 is 0 Å². The molecule has 2 amide bonds. The Morgan fingerprint density at radius 3 is 2.35 bits per heavy atom. The average molecular weight is 282 g/mol. The van der Waals surface area contributed by atoms with Crippen molar-refractivity contribution >= 4 is 11.8 Å². The van der Waals surface area contributed by atoms with Gasteiger partial charge in [0.15, 0.2) is 0 Å². The third-order valence-electron chi connectivity index (χ3n) is 4.01. The molecule has 0 radical (unpaired) electrons. The smallest absolute Gasteiger partial charge is 0.223 e. The standard InChI is InChI=1S/C16H30N2O2/c1-3-5-6-7-8-15(19)18-12-9-14(10-13-18)16(20)17-11-4-2/h14H,3-13H2,1-2H3,(H,17,20). The van der Waals surface area contributed by atoms with Crippen LogP contribution in [0.2, 0.25) is 0 Å². The number of likely N-dealkylation sites (tertiary alicyclic amines) is 1. The van der Waals surface area contributed by atoms with Crippen molar-refractivity contribution in [2.45, 2.75) is 65.2 Å². The molecule has 20 heavy (non-hydrogen) atoms. The largest absolute Gasteiger partial charge is 0.356 e. The predicted octanol–water partition coefficient (Wildman–Crippen LogP) is 2.72. The van der Waals surface area contributed by atoms with Gasteiger partial charge in [0.2, 0.25) is 11.8 Å². The van der Waals surface area contributed by atoms with Crippen molar-refractivity contribution in [2.75, 3.05) is 19.6 Å². The van der Waals surface area contributed by atoms with E-state index in [4.69, 9.17) is 0 Å². The molecule has 1 N–H and O–H groups in total. The van der Waals surface area contributed by atoms with E-state index in [-0.39, 0.29) is 17.7 Å². The van der Waals surface area contributed by atoms with Crippen LogP contribution in [-0.4, -0.2) is 36.3 Å². The highest BCUT2D eigenvalue weighted by atomic mass is 16.2. The Hall–Kier alpha value is -1.06. The average Bonchev–Trinajstić information content (AvgIpc) is 2.49. The third kappa shape index (κ3) is 5.93. The van der Waals surface area contributed by atoms with Gasteiger partial charge in [0.05, 0.1) is 0 Å². The number of carbonyl (C=O) groups excluding carboxylic acids is 2. The van der Waals surface area contributed by atoms with E-state index in [9.17, 15) is 9.59 Å². The fourth-order valence-corrected chi connectivity index (χ4v) is 2.64. The Bertz CT molecular complexity index is 297. The van der Waals surface area contributed by atoms with Crippen LogP contribution in [-0.2, 0) is 9.59 Å². The molecular formula is C16H30N2O2. The molecule has 1 heterocycles. The number of nitrogens with zero attached hydrogens (tertiary/aromatic N) is 1. The van der Waals surface area contributed by atoms with Crippen molar-refractivity contribution in [3.05, 3.63) is 0 Å². The Morgan fingerprint density at radius 1 is 1.05 bits per heavy atom. The maximum Gasteiger partial charge on any atom is 0.223 e. The summed E-state index contributed by atoms with van der Waals surface area (Å²) in [6, 6.07) is 0. The maximum absolute atomic E-state index is 12.0. The first-order chi connectivity index (χ1) is 9.69. The summed E-state index contributed by atoms with van der Waals surface area (Å²) in [6.07, 6.45) is 7.85. The summed E-state index contributed by atoms with van der Waals surface area (Å²) >= 11 is 0. The molecule has 4 heteroatoms. The molecule has 0 unspecified atom stereocenters. The van der Waals surface area contributed by atoms with Crippen LogP contribution in [0.4, 0.5) is 0 Å². The van der Waals surface area contributed by atoms with Crippen molar-refractivity contribution < 1.29 is 9.59 Å². The van der Waals surface area contributed by atoms with E-state index in [2.05, 4.69) is 19.2 Å². The van der Waals surface area contributed by atoms with Crippen LogP contribution in [0.3, 0.4) is 0 Å². The van der Waals surface area contributed by atoms with Crippen molar-refractivity contribution in [1.29, 1.82) is 0 Å². The summed E-state index contributed by atoms with van der Waals surface area (Å²) in [5.74, 6) is 0.543. The van der Waals surface area contributed by atoms with Crippen molar-refractivity contribution in [1.82, 2.24) is 10.2 Å². The van der Waals surface area contributed by atoms with Gasteiger partial charge in [0.25, 0.3) is 0 Å². The van der Waals surface area contributed by atoms with Crippen LogP contribution in [0.1, 0.15) is 65.2 Å². The quantitative estimate of drug-likeness (QED) is 0.696. The Balaban J connectivity index is 2.20. The molecule has 0 aromatic carbocycles. The monoisotopic (exact) mass is 282 g/mol. The fourth-order valence-electron chi connectivity index (χ4n) is 2.64. The lowest BCUT2D eigenvalue weighted by Gasteiger charge is -2.31. The number of piperidine rings is 1. The molecule has 0 aliphatic carbocycles. The number of hydrogen-bond donors (Lipinski definition) is 1. The lowest BCUT2D eigenvalue weighted by molar-refractivity contribution is -0.135. The van der Waals surface area contributed by atoms with Crippen molar-refractivity contribution in [3.8, 4) is 0 Å². The molecule has 1 rings (SSSR count). The van der Waals surface area contributed by atoms with E-state index in [1.54, 1.807) is 0 Å². The minimum Gasteiger partial charge on any atom is -0.356 e. The zero-order valence-electron chi connectivity index (χ0n) is 13.1. The van der Waals surface area contributed by atoms with Gasteiger partial charge in [-0.2, -0.15) is 0 Å². The second-order valence-corrected chi connectivity index (χ2v) is 5.76. The van der Waals surface area contributed by atoms with E-state index in [0.717, 1.165) is 51.7 Å². The minimum absolute atomic E-state index is 0.102. The predicted molar refractivity (Wildman–Crippen MR) is 81.4 cm³/mol. The van der Waals surface area contributed by atoms with Gasteiger partial charge < -0.3 is 10.2 Å². The molecule has 1 aliphatic rings. The summed E-state index contributed by atoms with van der Waals surface area (Å²) in [5, 5.41) is 2.95. The van der Waals surface area contributed by atoms with E-state index >= 15 is 0 Å². The van der Waals surface area contributed by atoms with Crippen LogP contribution in [0.15, 0.2) is 0 Å². The second kappa shape index (κ2) is 9.78. The molecule has 0 saturated carbocycles. The van der Waals surface area contributed by atoms with Crippen LogP contribution in [0.5, 0.6) is 0 Å². The summed E-state index contributed by atoms with van der Waals surface area (Å²) in [6.45, 7) is 6.49. The van der Waals surface area contributed by atoms with Gasteiger partial charge in [-0.15, -0.1) is 0 Å². The van der Waals surface area contributed by atoms with Gasteiger partial charge >= 0.3 is 0 Å². The molecule has 1 fully saturated rings. The zero-order valence-corrected chi connectivity index (χ0v) is 13.1. The first-order valence-electron chi connectivity index (χ1n) is 8.24. The molecule has 1 saturated heterocycles. The van der Waals surface area contributed by atoms with Gasteiger partial charge in [0.1, 0.15) is 0 Å². The van der Waals surface area contributed by atoms with Crippen molar-refractivity contribution in [3.63, 3.8) is 0 Å². The molecule has 0 aromatic heterocycles. The lowest BCUT2D eigenvalue weighted by Crippen LogP contribution is -2.43. The number of amides is 2. The minimum atomic E-state index is 0.102. The van der Waals surface area contributed by atoms with Crippen LogP contribution in [0.25, 0.3) is 0 Å². The Morgan fingerprint density at radius 2 is 1.75 bits per heavy atom. The van der Waals surface area contributed by atoms with E-state index in [1.165, 1.54) is 12.8 Å². The first kappa shape index (κ1) is 17.0. The molecular weight excluding hydrogens is 252 g/mol. The fraction of sp³-hybridized carbons (Fsp3) is 0.875. The summed E-state index contributed by atoms with van der Waals surface area (Å²) in [4.78, 5) is 25.8. The highest BCUT2D eigenvalue weighted by molar-refractivity contribution is 5.80. The zero-order chi connectivity index (χ0) is 14.8. The molecule has 1 aliphatic heterocycles. The van der Waals surface area contributed by atoms with Gasteiger partial charge in [0, 0.05) is 32.0 Å². The molecule has 116 valence electrons. The number of unbranched alkanes of at least 4 members (excludes halogenated alkanes) is 3. The van der Waals surface area contributed by atoms with E-state index in [0.29, 0.717) is 6.42 Å². The number of rotatable bonds is 8. The molecule has 4 nitrogen and oxygen atoms in total. The maximum atomic E-state index is 12.0. The van der Waals surface area contributed by atoms with Gasteiger partial charge in [-0.25, -0.2) is 0 Å². The highest BCUT2D eigenvalue weighted by Crippen LogP contribution is 2.18. The summed E-state index contributed by atoms with van der Waals surface area (Å²) in [7, 11) is 0. The van der Waals surface area contributed by atoms with Gasteiger partial charge in [-0.05, 0) is 25.7 Å². The topological polar surface area (TPSA) is 49.4 Å². The van der Waals surface area contributed by atoms with E-state index in [1.807, 2.05) is 4.90 Å². The Labute approximate surface area is 123 Å². The molecule has 0 atom stereocenters. The number of hydrogen-bond acceptors (Lipinski definition) is 2. The highest BCUT2D eigenvalue weighted by Gasteiger charge is 2.26.